The van der Waals surface area contributed by atoms with E-state index in [0.29, 0.717) is 18.8 Å². The molecule has 3 aromatic rings. The molecule has 1 amide bonds. The summed E-state index contributed by atoms with van der Waals surface area (Å²) in [6, 6.07) is 10.4. The van der Waals surface area contributed by atoms with Gasteiger partial charge in [0, 0.05) is 30.1 Å². The largest absolute Gasteiger partial charge is 0.464 e. The lowest BCUT2D eigenvalue weighted by Crippen LogP contribution is -2.30. The second kappa shape index (κ2) is 7.90. The molecule has 7 heteroatoms. The minimum absolute atomic E-state index is 0.0133. The third-order valence-corrected chi connectivity index (χ3v) is 4.56. The van der Waals surface area contributed by atoms with Crippen LogP contribution in [0.3, 0.4) is 0 Å². The summed E-state index contributed by atoms with van der Waals surface area (Å²) in [4.78, 5) is 22.7. The van der Waals surface area contributed by atoms with Crippen LogP contribution in [0.1, 0.15) is 16.7 Å². The Bertz CT molecular complexity index is 994. The molecule has 0 aliphatic rings. The van der Waals surface area contributed by atoms with Gasteiger partial charge in [-0.2, -0.15) is 0 Å². The maximum absolute atomic E-state index is 12.2. The first-order valence-corrected chi connectivity index (χ1v) is 8.67. The van der Waals surface area contributed by atoms with Gasteiger partial charge in [-0.3, -0.25) is 14.9 Å². The highest BCUT2D eigenvalue weighted by Gasteiger charge is 2.13. The van der Waals surface area contributed by atoms with Gasteiger partial charge in [-0.05, 0) is 31.0 Å². The van der Waals surface area contributed by atoms with Crippen molar-refractivity contribution in [2.45, 2.75) is 20.3 Å². The Balaban J connectivity index is 1.54. The first kappa shape index (κ1) is 18.4. The molecule has 0 fully saturated rings. The molecule has 0 spiro atoms. The minimum atomic E-state index is -0.436. The van der Waals surface area contributed by atoms with E-state index in [1.165, 1.54) is 6.07 Å². The molecule has 0 bridgehead atoms. The van der Waals surface area contributed by atoms with Crippen molar-refractivity contribution in [1.82, 2.24) is 5.32 Å². The van der Waals surface area contributed by atoms with Gasteiger partial charge < -0.3 is 15.1 Å². The van der Waals surface area contributed by atoms with Gasteiger partial charge in [0.15, 0.2) is 0 Å². The van der Waals surface area contributed by atoms with E-state index in [1.807, 2.05) is 26.0 Å². The quantitative estimate of drug-likeness (QED) is 0.377. The minimum Gasteiger partial charge on any atom is -0.464 e. The van der Waals surface area contributed by atoms with Crippen molar-refractivity contribution in [2.75, 3.05) is 18.4 Å². The van der Waals surface area contributed by atoms with E-state index in [0.717, 1.165) is 27.7 Å². The molecule has 2 aromatic carbocycles. The van der Waals surface area contributed by atoms with Gasteiger partial charge in [0.25, 0.3) is 5.69 Å². The van der Waals surface area contributed by atoms with Gasteiger partial charge in [0.1, 0.15) is 11.3 Å². The van der Waals surface area contributed by atoms with E-state index < -0.39 is 4.92 Å². The molecule has 7 nitrogen and oxygen atoms in total. The predicted molar refractivity (Wildman–Crippen MR) is 104 cm³/mol. The number of nitro benzene ring substituents is 1. The van der Waals surface area contributed by atoms with Crippen LogP contribution in [0.15, 0.2) is 47.1 Å². The van der Waals surface area contributed by atoms with Crippen molar-refractivity contribution in [3.05, 3.63) is 69.5 Å². The number of carbonyl (C=O) groups is 1. The van der Waals surface area contributed by atoms with E-state index in [4.69, 9.17) is 4.42 Å². The number of amides is 1. The lowest BCUT2D eigenvalue weighted by atomic mass is 10.0. The number of nitro groups is 1. The number of fused-ring (bicyclic) bond motifs is 1. The number of carbonyl (C=O) groups excluding carboxylic acids is 1. The summed E-state index contributed by atoms with van der Waals surface area (Å²) in [6.45, 7) is 4.77. The summed E-state index contributed by atoms with van der Waals surface area (Å²) < 4.78 is 5.62. The molecule has 0 saturated heterocycles. The Morgan fingerprint density at radius 2 is 1.93 bits per heavy atom. The molecule has 0 radical (unpaired) electrons. The molecular weight excluding hydrogens is 346 g/mol. The maximum Gasteiger partial charge on any atom is 0.292 e. The molecule has 1 aromatic heterocycles. The van der Waals surface area contributed by atoms with Gasteiger partial charge >= 0.3 is 0 Å². The Labute approximate surface area is 156 Å². The number of aryl methyl sites for hydroxylation is 2. The Morgan fingerprint density at radius 3 is 2.70 bits per heavy atom. The number of para-hydroxylation sites is 2. The van der Waals surface area contributed by atoms with Crippen LogP contribution in [-0.2, 0) is 11.2 Å². The molecule has 0 atom stereocenters. The number of hydrogen-bond acceptors (Lipinski definition) is 5. The fourth-order valence-electron chi connectivity index (χ4n) is 2.94. The maximum atomic E-state index is 12.2. The van der Waals surface area contributed by atoms with E-state index in [2.05, 4.69) is 10.6 Å². The normalized spacial score (nSPS) is 10.7. The highest BCUT2D eigenvalue weighted by atomic mass is 16.6. The monoisotopic (exact) mass is 367 g/mol. The number of hydrogen-bond donors (Lipinski definition) is 2. The molecule has 0 unspecified atom stereocenters. The van der Waals surface area contributed by atoms with Crippen LogP contribution in [0.2, 0.25) is 0 Å². The SMILES string of the molecule is Cc1ccc2c(CC(=O)NCCNc3ccccc3[N+](=O)[O-])coc2c1C. The molecule has 140 valence electrons. The smallest absolute Gasteiger partial charge is 0.292 e. The topological polar surface area (TPSA) is 97.4 Å². The first-order chi connectivity index (χ1) is 13.0. The molecule has 0 saturated carbocycles. The summed E-state index contributed by atoms with van der Waals surface area (Å²) in [5, 5.41) is 17.7. The zero-order valence-corrected chi connectivity index (χ0v) is 15.2. The molecule has 27 heavy (non-hydrogen) atoms. The Morgan fingerprint density at radius 1 is 1.15 bits per heavy atom. The average Bonchev–Trinajstić information content (AvgIpc) is 3.05. The number of nitrogens with one attached hydrogen (secondary N) is 2. The molecular formula is C20H21N3O4. The number of benzene rings is 2. The van der Waals surface area contributed by atoms with E-state index in [9.17, 15) is 14.9 Å². The highest BCUT2D eigenvalue weighted by molar-refractivity contribution is 5.89. The van der Waals surface area contributed by atoms with Gasteiger partial charge in [0.2, 0.25) is 5.91 Å². The van der Waals surface area contributed by atoms with Crippen LogP contribution >= 0.6 is 0 Å². The van der Waals surface area contributed by atoms with Gasteiger partial charge in [-0.1, -0.05) is 24.3 Å². The van der Waals surface area contributed by atoms with Crippen LogP contribution in [-0.4, -0.2) is 23.9 Å². The summed E-state index contributed by atoms with van der Waals surface area (Å²) in [5.41, 5.74) is 4.33. The van der Waals surface area contributed by atoms with Crippen molar-refractivity contribution in [2.24, 2.45) is 0 Å². The first-order valence-electron chi connectivity index (χ1n) is 8.67. The Hall–Kier alpha value is -3.35. The van der Waals surface area contributed by atoms with Crippen LogP contribution < -0.4 is 10.6 Å². The summed E-state index contributed by atoms with van der Waals surface area (Å²) in [6.07, 6.45) is 1.85. The summed E-state index contributed by atoms with van der Waals surface area (Å²) in [7, 11) is 0. The van der Waals surface area contributed by atoms with Crippen molar-refractivity contribution < 1.29 is 14.1 Å². The molecule has 2 N–H and O–H groups in total. The number of rotatable bonds is 7. The van der Waals surface area contributed by atoms with Gasteiger partial charge in [-0.25, -0.2) is 0 Å². The summed E-state index contributed by atoms with van der Waals surface area (Å²) in [5.74, 6) is -0.125. The zero-order valence-electron chi connectivity index (χ0n) is 15.2. The second-order valence-electron chi connectivity index (χ2n) is 6.37. The van der Waals surface area contributed by atoms with Crippen molar-refractivity contribution in [3.8, 4) is 0 Å². The van der Waals surface area contributed by atoms with Crippen LogP contribution in [0, 0.1) is 24.0 Å². The fourth-order valence-corrected chi connectivity index (χ4v) is 2.94. The van der Waals surface area contributed by atoms with Crippen LogP contribution in [0.5, 0.6) is 0 Å². The van der Waals surface area contributed by atoms with Crippen LogP contribution in [0.25, 0.3) is 11.0 Å². The van der Waals surface area contributed by atoms with Crippen LogP contribution in [0.4, 0.5) is 11.4 Å². The van der Waals surface area contributed by atoms with Crippen molar-refractivity contribution in [1.29, 1.82) is 0 Å². The standard InChI is InChI=1S/C20H21N3O4/c1-13-7-8-16-15(12-27-20(16)14(13)2)11-19(24)22-10-9-21-17-5-3-4-6-18(17)23(25)26/h3-8,12,21H,9-11H2,1-2H3,(H,22,24). The second-order valence-corrected chi connectivity index (χ2v) is 6.37. The van der Waals surface area contributed by atoms with Crippen molar-refractivity contribution >= 4 is 28.3 Å². The molecule has 0 aliphatic carbocycles. The number of anilines is 1. The molecule has 1 heterocycles. The molecule has 3 rings (SSSR count). The van der Waals surface area contributed by atoms with E-state index in [1.54, 1.807) is 24.5 Å². The molecule has 0 aliphatic heterocycles. The Kier molecular flexibility index (Phi) is 5.40. The van der Waals surface area contributed by atoms with Crippen molar-refractivity contribution in [3.63, 3.8) is 0 Å². The average molecular weight is 367 g/mol. The van der Waals surface area contributed by atoms with E-state index >= 15 is 0 Å². The number of nitrogens with zero attached hydrogens (tertiary/aromatic N) is 1. The fraction of sp³-hybridized carbons (Fsp3) is 0.250. The third kappa shape index (κ3) is 4.08. The third-order valence-electron chi connectivity index (χ3n) is 4.56. The van der Waals surface area contributed by atoms with Gasteiger partial charge in [-0.15, -0.1) is 0 Å². The zero-order chi connectivity index (χ0) is 19.4. The predicted octanol–water partition coefficient (Wildman–Crippen LogP) is 3.73. The van der Waals surface area contributed by atoms with E-state index in [-0.39, 0.29) is 18.0 Å². The summed E-state index contributed by atoms with van der Waals surface area (Å²) >= 11 is 0. The number of furan rings is 1. The lowest BCUT2D eigenvalue weighted by Gasteiger charge is -2.08. The van der Waals surface area contributed by atoms with Gasteiger partial charge in [0.05, 0.1) is 17.6 Å². The lowest BCUT2D eigenvalue weighted by molar-refractivity contribution is -0.384. The highest BCUT2D eigenvalue weighted by Crippen LogP contribution is 2.26.